The van der Waals surface area contributed by atoms with Gasteiger partial charge in [0.25, 0.3) is 0 Å². The van der Waals surface area contributed by atoms with Gasteiger partial charge in [-0.15, -0.1) is 0 Å². The van der Waals surface area contributed by atoms with Gasteiger partial charge in [-0.05, 0) is 18.8 Å². The zero-order valence-electron chi connectivity index (χ0n) is 7.51. The maximum absolute atomic E-state index is 5.32. The van der Waals surface area contributed by atoms with Crippen molar-refractivity contribution in [2.24, 2.45) is 5.92 Å². The van der Waals surface area contributed by atoms with Crippen LogP contribution in [0.15, 0.2) is 0 Å². The first-order valence-electron chi connectivity index (χ1n) is 4.38. The molecule has 0 heterocycles. The third-order valence-corrected chi connectivity index (χ3v) is 2.27. The number of hydrogen-bond acceptors (Lipinski definition) is 2. The lowest BCUT2D eigenvalue weighted by Gasteiger charge is -2.13. The normalized spacial score (nSPS) is 20.2. The van der Waals surface area contributed by atoms with Crippen LogP contribution in [0.1, 0.15) is 25.7 Å². The highest BCUT2D eigenvalue weighted by molar-refractivity contribution is 4.76. The van der Waals surface area contributed by atoms with Crippen LogP contribution in [0, 0.1) is 5.92 Å². The van der Waals surface area contributed by atoms with Crippen LogP contribution in [0.25, 0.3) is 0 Å². The Balaban J connectivity index is 2.02. The van der Waals surface area contributed by atoms with Crippen molar-refractivity contribution in [1.29, 1.82) is 0 Å². The van der Waals surface area contributed by atoms with Gasteiger partial charge in [0.1, 0.15) is 0 Å². The Bertz CT molecular complexity index is 99.7. The second kappa shape index (κ2) is 4.73. The third-order valence-electron chi connectivity index (χ3n) is 2.27. The highest BCUT2D eigenvalue weighted by atomic mass is 16.5. The number of methoxy groups -OCH3 is 2. The summed E-state index contributed by atoms with van der Waals surface area (Å²) in [6, 6.07) is 0. The van der Waals surface area contributed by atoms with Gasteiger partial charge in [-0.2, -0.15) is 0 Å². The first-order chi connectivity index (χ1) is 5.36. The molecule has 1 unspecified atom stereocenters. The highest BCUT2D eigenvalue weighted by Gasteiger charge is 2.24. The lowest BCUT2D eigenvalue weighted by Crippen LogP contribution is -2.13. The molecule has 0 N–H and O–H groups in total. The van der Waals surface area contributed by atoms with Crippen LogP contribution in [-0.4, -0.2) is 26.9 Å². The standard InChI is InChI=1S/C9H18O2/c1-10-6-5-9(11-2)7-8-3-4-8/h8-9H,3-7H2,1-2H3. The summed E-state index contributed by atoms with van der Waals surface area (Å²) < 4.78 is 10.3. The molecule has 0 aromatic carbocycles. The molecular weight excluding hydrogens is 140 g/mol. The maximum atomic E-state index is 5.32. The average molecular weight is 158 g/mol. The van der Waals surface area contributed by atoms with E-state index in [2.05, 4.69) is 0 Å². The van der Waals surface area contributed by atoms with Crippen LogP contribution in [0.3, 0.4) is 0 Å². The Hall–Kier alpha value is -0.0800. The Labute approximate surface area is 68.9 Å². The van der Waals surface area contributed by atoms with Crippen molar-refractivity contribution in [3.63, 3.8) is 0 Å². The Kier molecular flexibility index (Phi) is 3.87. The highest BCUT2D eigenvalue weighted by Crippen LogP contribution is 2.34. The molecule has 0 amide bonds. The van der Waals surface area contributed by atoms with E-state index in [0.717, 1.165) is 18.9 Å². The summed E-state index contributed by atoms with van der Waals surface area (Å²) in [7, 11) is 3.53. The fraction of sp³-hybridized carbons (Fsp3) is 1.00. The van der Waals surface area contributed by atoms with E-state index < -0.39 is 0 Å². The molecule has 0 aliphatic heterocycles. The SMILES string of the molecule is COCCC(CC1CC1)OC. The maximum Gasteiger partial charge on any atom is 0.0596 e. The van der Waals surface area contributed by atoms with Gasteiger partial charge in [0.2, 0.25) is 0 Å². The van der Waals surface area contributed by atoms with E-state index in [4.69, 9.17) is 9.47 Å². The second-order valence-corrected chi connectivity index (χ2v) is 3.32. The fourth-order valence-electron chi connectivity index (χ4n) is 1.31. The third kappa shape index (κ3) is 3.73. The summed E-state index contributed by atoms with van der Waals surface area (Å²) in [6.07, 6.45) is 5.53. The van der Waals surface area contributed by atoms with Crippen LogP contribution in [-0.2, 0) is 9.47 Å². The van der Waals surface area contributed by atoms with Crippen molar-refractivity contribution < 1.29 is 9.47 Å². The number of hydrogen-bond donors (Lipinski definition) is 0. The molecule has 0 spiro atoms. The summed E-state index contributed by atoms with van der Waals surface area (Å²) >= 11 is 0. The summed E-state index contributed by atoms with van der Waals surface area (Å²) in [4.78, 5) is 0. The van der Waals surface area contributed by atoms with E-state index in [0.29, 0.717) is 6.10 Å². The van der Waals surface area contributed by atoms with Gasteiger partial charge < -0.3 is 9.47 Å². The van der Waals surface area contributed by atoms with E-state index >= 15 is 0 Å². The van der Waals surface area contributed by atoms with E-state index in [1.165, 1.54) is 19.3 Å². The van der Waals surface area contributed by atoms with Crippen molar-refractivity contribution in [2.75, 3.05) is 20.8 Å². The number of rotatable bonds is 6. The van der Waals surface area contributed by atoms with Crippen LogP contribution in [0.5, 0.6) is 0 Å². The molecule has 1 rings (SSSR count). The van der Waals surface area contributed by atoms with Crippen molar-refractivity contribution in [2.45, 2.75) is 31.8 Å². The quantitative estimate of drug-likeness (QED) is 0.587. The van der Waals surface area contributed by atoms with Crippen molar-refractivity contribution >= 4 is 0 Å². The zero-order chi connectivity index (χ0) is 8.10. The molecule has 2 heteroatoms. The Morgan fingerprint density at radius 3 is 2.55 bits per heavy atom. The molecular formula is C9H18O2. The van der Waals surface area contributed by atoms with Gasteiger partial charge in [0.15, 0.2) is 0 Å². The van der Waals surface area contributed by atoms with E-state index in [1.54, 1.807) is 14.2 Å². The molecule has 0 radical (unpaired) electrons. The fourth-order valence-corrected chi connectivity index (χ4v) is 1.31. The van der Waals surface area contributed by atoms with Gasteiger partial charge in [0.05, 0.1) is 6.10 Å². The zero-order valence-corrected chi connectivity index (χ0v) is 7.51. The summed E-state index contributed by atoms with van der Waals surface area (Å²) in [5.74, 6) is 0.955. The first-order valence-corrected chi connectivity index (χ1v) is 4.38. The van der Waals surface area contributed by atoms with Crippen LogP contribution >= 0.6 is 0 Å². The summed E-state index contributed by atoms with van der Waals surface area (Å²) in [6.45, 7) is 0.825. The molecule has 0 aromatic heterocycles. The van der Waals surface area contributed by atoms with Crippen LogP contribution in [0.4, 0.5) is 0 Å². The number of ether oxygens (including phenoxy) is 2. The van der Waals surface area contributed by atoms with Gasteiger partial charge in [0, 0.05) is 20.8 Å². The van der Waals surface area contributed by atoms with Crippen LogP contribution in [0.2, 0.25) is 0 Å². The van der Waals surface area contributed by atoms with Crippen LogP contribution < -0.4 is 0 Å². The molecule has 1 saturated carbocycles. The van der Waals surface area contributed by atoms with Gasteiger partial charge >= 0.3 is 0 Å². The molecule has 0 saturated heterocycles. The molecule has 66 valence electrons. The monoisotopic (exact) mass is 158 g/mol. The second-order valence-electron chi connectivity index (χ2n) is 3.32. The molecule has 1 fully saturated rings. The molecule has 1 aliphatic rings. The van der Waals surface area contributed by atoms with Gasteiger partial charge in [-0.3, -0.25) is 0 Å². The average Bonchev–Trinajstić information content (AvgIpc) is 2.81. The molecule has 2 nitrogen and oxygen atoms in total. The minimum atomic E-state index is 0.433. The smallest absolute Gasteiger partial charge is 0.0596 e. The van der Waals surface area contributed by atoms with Gasteiger partial charge in [-0.25, -0.2) is 0 Å². The largest absolute Gasteiger partial charge is 0.385 e. The first kappa shape index (κ1) is 9.01. The van der Waals surface area contributed by atoms with E-state index in [1.807, 2.05) is 0 Å². The van der Waals surface area contributed by atoms with E-state index in [-0.39, 0.29) is 0 Å². The summed E-state index contributed by atoms with van der Waals surface area (Å²) in [5.41, 5.74) is 0. The van der Waals surface area contributed by atoms with Gasteiger partial charge in [-0.1, -0.05) is 12.8 Å². The van der Waals surface area contributed by atoms with Crippen molar-refractivity contribution in [3.8, 4) is 0 Å². The predicted molar refractivity (Wildman–Crippen MR) is 44.6 cm³/mol. The molecule has 0 aromatic rings. The lowest BCUT2D eigenvalue weighted by molar-refractivity contribution is 0.0571. The minimum absolute atomic E-state index is 0.433. The topological polar surface area (TPSA) is 18.5 Å². The molecule has 1 atom stereocenters. The van der Waals surface area contributed by atoms with Crippen molar-refractivity contribution in [3.05, 3.63) is 0 Å². The Morgan fingerprint density at radius 1 is 1.36 bits per heavy atom. The molecule has 1 aliphatic carbocycles. The lowest BCUT2D eigenvalue weighted by atomic mass is 10.1. The molecule has 0 bridgehead atoms. The van der Waals surface area contributed by atoms with Crippen molar-refractivity contribution in [1.82, 2.24) is 0 Å². The minimum Gasteiger partial charge on any atom is -0.385 e. The summed E-state index contributed by atoms with van der Waals surface area (Å²) in [5, 5.41) is 0. The predicted octanol–water partition coefficient (Wildman–Crippen LogP) is 1.84. The Morgan fingerprint density at radius 2 is 2.09 bits per heavy atom. The van der Waals surface area contributed by atoms with E-state index in [9.17, 15) is 0 Å². The molecule has 11 heavy (non-hydrogen) atoms.